The molecule has 0 aromatic heterocycles. The lowest BCUT2D eigenvalue weighted by Gasteiger charge is -2.64. The van der Waals surface area contributed by atoms with E-state index in [0.717, 1.165) is 12.0 Å². The van der Waals surface area contributed by atoms with Crippen LogP contribution in [0, 0.1) is 22.7 Å². The van der Waals surface area contributed by atoms with Crippen LogP contribution >= 0.6 is 11.6 Å². The van der Waals surface area contributed by atoms with Gasteiger partial charge < -0.3 is 14.9 Å². The van der Waals surface area contributed by atoms with Crippen molar-refractivity contribution in [3.05, 3.63) is 11.6 Å². The summed E-state index contributed by atoms with van der Waals surface area (Å²) >= 11 is 7.36. The SMILES string of the molecule is CC(=O)OCC(=O)[C@@]1(O)CC[C@H]2[C@@H]3CCC4=CC(=O)CC[C@]4(C)[C@@]3(Cl)[C@H](O)C[C@@]21C. The van der Waals surface area contributed by atoms with E-state index in [4.69, 9.17) is 16.3 Å². The minimum atomic E-state index is -1.66. The minimum Gasteiger partial charge on any atom is -0.458 e. The fourth-order valence-corrected chi connectivity index (χ4v) is 7.87. The highest BCUT2D eigenvalue weighted by atomic mass is 35.5. The fourth-order valence-electron chi connectivity index (χ4n) is 7.32. The molecule has 4 rings (SSSR count). The lowest BCUT2D eigenvalue weighted by molar-refractivity contribution is -0.179. The van der Waals surface area contributed by atoms with Gasteiger partial charge in [0, 0.05) is 24.2 Å². The number of halogens is 1. The van der Waals surface area contributed by atoms with Crippen molar-refractivity contribution in [2.75, 3.05) is 6.61 Å². The molecule has 0 aliphatic heterocycles. The second-order valence-corrected chi connectivity index (χ2v) is 10.9. The van der Waals surface area contributed by atoms with Gasteiger partial charge in [-0.15, -0.1) is 11.6 Å². The van der Waals surface area contributed by atoms with E-state index in [1.807, 2.05) is 6.92 Å². The maximum Gasteiger partial charge on any atom is 0.303 e. The highest BCUT2D eigenvalue weighted by molar-refractivity contribution is 6.26. The van der Waals surface area contributed by atoms with E-state index in [2.05, 4.69) is 6.92 Å². The Kier molecular flexibility index (Phi) is 5.04. The van der Waals surface area contributed by atoms with Crippen LogP contribution in [0.5, 0.6) is 0 Å². The lowest BCUT2D eigenvalue weighted by Crippen LogP contribution is -2.69. The Bertz CT molecular complexity index is 838. The molecule has 4 aliphatic carbocycles. The summed E-state index contributed by atoms with van der Waals surface area (Å²) in [5, 5.41) is 22.9. The summed E-state index contributed by atoms with van der Waals surface area (Å²) in [6, 6.07) is 0. The summed E-state index contributed by atoms with van der Waals surface area (Å²) in [7, 11) is 0. The Balaban J connectivity index is 1.71. The predicted octanol–water partition coefficient (Wildman–Crippen LogP) is 2.71. The number of hydrogen-bond acceptors (Lipinski definition) is 6. The highest BCUT2D eigenvalue weighted by Gasteiger charge is 2.73. The van der Waals surface area contributed by atoms with Gasteiger partial charge in [0.05, 0.1) is 11.0 Å². The van der Waals surface area contributed by atoms with Crippen molar-refractivity contribution >= 4 is 29.1 Å². The number of fused-ring (bicyclic) bond motifs is 5. The van der Waals surface area contributed by atoms with Crippen molar-refractivity contribution in [2.24, 2.45) is 22.7 Å². The van der Waals surface area contributed by atoms with Crippen molar-refractivity contribution in [3.63, 3.8) is 0 Å². The smallest absolute Gasteiger partial charge is 0.303 e. The van der Waals surface area contributed by atoms with Gasteiger partial charge in [-0.2, -0.15) is 0 Å². The molecule has 6 nitrogen and oxygen atoms in total. The zero-order valence-corrected chi connectivity index (χ0v) is 18.6. The Morgan fingerprint density at radius 2 is 1.90 bits per heavy atom. The predicted molar refractivity (Wildman–Crippen MR) is 110 cm³/mol. The first-order valence-electron chi connectivity index (χ1n) is 10.9. The van der Waals surface area contributed by atoms with Crippen LogP contribution in [0.15, 0.2) is 11.6 Å². The third-order valence-corrected chi connectivity index (χ3v) is 10.0. The standard InChI is InChI=1S/C23H31ClO6/c1-13(25)30-12-19(28)22(29)9-7-16-17-5-4-14-10-15(26)6-8-20(14,2)23(17,24)18(27)11-21(16,22)3/h10,16-18,27,29H,4-9,11-12H2,1-3H3/t16-,17-,18+,20-,21-,22-,23-/m0/s1. The van der Waals surface area contributed by atoms with E-state index in [-0.39, 0.29) is 30.5 Å². The van der Waals surface area contributed by atoms with E-state index >= 15 is 0 Å². The van der Waals surface area contributed by atoms with Crippen molar-refractivity contribution in [3.8, 4) is 0 Å². The van der Waals surface area contributed by atoms with Crippen molar-refractivity contribution in [2.45, 2.75) is 82.3 Å². The van der Waals surface area contributed by atoms with Gasteiger partial charge >= 0.3 is 5.97 Å². The van der Waals surface area contributed by atoms with Crippen molar-refractivity contribution in [1.82, 2.24) is 0 Å². The zero-order valence-electron chi connectivity index (χ0n) is 17.9. The van der Waals surface area contributed by atoms with Crippen LogP contribution < -0.4 is 0 Å². The van der Waals surface area contributed by atoms with E-state index in [1.54, 1.807) is 6.08 Å². The third kappa shape index (κ3) is 2.66. The number of ketones is 2. The van der Waals surface area contributed by atoms with Gasteiger partial charge in [-0.3, -0.25) is 14.4 Å². The van der Waals surface area contributed by atoms with Gasteiger partial charge in [-0.05, 0) is 56.4 Å². The van der Waals surface area contributed by atoms with Gasteiger partial charge in [0.25, 0.3) is 0 Å². The van der Waals surface area contributed by atoms with E-state index in [1.165, 1.54) is 6.92 Å². The number of aliphatic hydroxyl groups is 2. The lowest BCUT2D eigenvalue weighted by atomic mass is 9.45. The number of hydrogen-bond donors (Lipinski definition) is 2. The average Bonchev–Trinajstić information content (AvgIpc) is 2.94. The molecule has 0 saturated heterocycles. The Labute approximate surface area is 182 Å². The number of carbonyl (C=O) groups excluding carboxylic acids is 3. The van der Waals surface area contributed by atoms with Gasteiger partial charge in [0.2, 0.25) is 5.78 Å². The number of aliphatic hydroxyl groups excluding tert-OH is 1. The fraction of sp³-hybridized carbons (Fsp3) is 0.783. The number of allylic oxidation sites excluding steroid dienone is 1. The summed E-state index contributed by atoms with van der Waals surface area (Å²) in [6.45, 7) is 4.69. The van der Waals surface area contributed by atoms with Crippen LogP contribution in [0.1, 0.15) is 65.7 Å². The van der Waals surface area contributed by atoms with Gasteiger partial charge in [-0.1, -0.05) is 19.4 Å². The second kappa shape index (κ2) is 6.88. The molecule has 0 aromatic carbocycles. The molecule has 7 atom stereocenters. The summed E-state index contributed by atoms with van der Waals surface area (Å²) in [4.78, 5) is 35.2. The number of alkyl halides is 1. The first-order chi connectivity index (χ1) is 13.9. The molecule has 0 radical (unpaired) electrons. The normalized spacial score (nSPS) is 47.6. The molecule has 30 heavy (non-hydrogen) atoms. The number of Topliss-reactive ketones (excluding diaryl/α,β-unsaturated/α-hetero) is 1. The molecule has 4 aliphatic rings. The summed E-state index contributed by atoms with van der Waals surface area (Å²) in [6.07, 6.45) is 4.34. The van der Waals surface area contributed by atoms with Crippen LogP contribution in [0.25, 0.3) is 0 Å². The second-order valence-electron chi connectivity index (χ2n) is 10.2. The van der Waals surface area contributed by atoms with E-state index < -0.39 is 45.8 Å². The molecule has 3 saturated carbocycles. The number of rotatable bonds is 3. The molecule has 0 bridgehead atoms. The molecule has 0 amide bonds. The topological polar surface area (TPSA) is 101 Å². The molecule has 0 aromatic rings. The minimum absolute atomic E-state index is 0.0410. The maximum atomic E-state index is 12.9. The van der Waals surface area contributed by atoms with Gasteiger partial charge in [0.1, 0.15) is 5.60 Å². The van der Waals surface area contributed by atoms with E-state index in [0.29, 0.717) is 25.7 Å². The van der Waals surface area contributed by atoms with Gasteiger partial charge in [-0.25, -0.2) is 0 Å². The molecule has 2 N–H and O–H groups in total. The monoisotopic (exact) mass is 438 g/mol. The molecule has 0 unspecified atom stereocenters. The maximum absolute atomic E-state index is 12.9. The summed E-state index contributed by atoms with van der Waals surface area (Å²) in [5.74, 6) is -1.09. The van der Waals surface area contributed by atoms with Crippen LogP contribution in [-0.4, -0.2) is 50.9 Å². The van der Waals surface area contributed by atoms with Gasteiger partial charge in [0.15, 0.2) is 12.4 Å². The molecule has 7 heteroatoms. The zero-order chi connectivity index (χ0) is 22.1. The number of esters is 1. The van der Waals surface area contributed by atoms with E-state index in [9.17, 15) is 24.6 Å². The molecule has 0 spiro atoms. The average molecular weight is 439 g/mol. The summed E-state index contributed by atoms with van der Waals surface area (Å²) in [5.41, 5.74) is -1.98. The third-order valence-electron chi connectivity index (χ3n) is 9.06. The molecule has 166 valence electrons. The van der Waals surface area contributed by atoms with Crippen LogP contribution in [-0.2, 0) is 19.1 Å². The molecule has 3 fully saturated rings. The quantitative estimate of drug-likeness (QED) is 0.519. The van der Waals surface area contributed by atoms with Crippen LogP contribution in [0.4, 0.5) is 0 Å². The first-order valence-corrected chi connectivity index (χ1v) is 11.3. The van der Waals surface area contributed by atoms with Crippen LogP contribution in [0.3, 0.4) is 0 Å². The summed E-state index contributed by atoms with van der Waals surface area (Å²) < 4.78 is 4.88. The first kappa shape index (κ1) is 22.0. The molecular weight excluding hydrogens is 408 g/mol. The molecular formula is C23H31ClO6. The van der Waals surface area contributed by atoms with Crippen molar-refractivity contribution in [1.29, 1.82) is 0 Å². The number of carbonyl (C=O) groups is 3. The van der Waals surface area contributed by atoms with Crippen molar-refractivity contribution < 1.29 is 29.3 Å². The number of ether oxygens (including phenoxy) is 1. The largest absolute Gasteiger partial charge is 0.458 e. The van der Waals surface area contributed by atoms with Crippen LogP contribution in [0.2, 0.25) is 0 Å². The molecule has 0 heterocycles. The highest BCUT2D eigenvalue weighted by Crippen LogP contribution is 2.71. The Morgan fingerprint density at radius 3 is 2.57 bits per heavy atom. The Hall–Kier alpha value is -1.24. The Morgan fingerprint density at radius 1 is 1.20 bits per heavy atom.